The Morgan fingerprint density at radius 2 is 1.62 bits per heavy atom. The first-order valence-corrected chi connectivity index (χ1v) is 13.7. The molecule has 0 heterocycles. The van der Waals surface area contributed by atoms with Crippen LogP contribution < -0.4 is 10.2 Å². The molecule has 0 amide bonds. The van der Waals surface area contributed by atoms with Gasteiger partial charge >= 0.3 is 0 Å². The van der Waals surface area contributed by atoms with Crippen LogP contribution in [0.3, 0.4) is 0 Å². The topological polar surface area (TPSA) is 52.3 Å². The van der Waals surface area contributed by atoms with Gasteiger partial charge in [0.15, 0.2) is 5.78 Å². The van der Waals surface area contributed by atoms with Gasteiger partial charge in [0.2, 0.25) is 0 Å². The number of nitrogens with two attached hydrogens (primary N) is 1. The van der Waals surface area contributed by atoms with Gasteiger partial charge < -0.3 is 10.2 Å². The average molecular weight is 410 g/mol. The summed E-state index contributed by atoms with van der Waals surface area (Å²) in [6.45, 7) is 11.1. The normalized spacial score (nSPS) is 15.9. The maximum atomic E-state index is 13.4. The maximum Gasteiger partial charge on any atom is 0.250 e. The number of nitrogen functional groups attached to an aromatic ring is 1. The van der Waals surface area contributed by atoms with Crippen LogP contribution in [0.2, 0.25) is 18.1 Å². The molecule has 2 aromatic carbocycles. The number of rotatable bonds is 5. The minimum atomic E-state index is -2.04. The third kappa shape index (κ3) is 4.58. The number of carbonyl (C=O) groups excluding carboxylic acids is 1. The van der Waals surface area contributed by atoms with Gasteiger partial charge in [-0.1, -0.05) is 70.4 Å². The summed E-state index contributed by atoms with van der Waals surface area (Å²) in [6.07, 6.45) is 5.47. The Morgan fingerprint density at radius 1 is 1.00 bits per heavy atom. The molecule has 0 aromatic heterocycles. The van der Waals surface area contributed by atoms with Gasteiger partial charge in [0, 0.05) is 17.0 Å². The van der Waals surface area contributed by atoms with Crippen molar-refractivity contribution in [2.45, 2.75) is 71.0 Å². The molecule has 0 unspecified atom stereocenters. The van der Waals surface area contributed by atoms with Crippen molar-refractivity contribution >= 4 is 19.8 Å². The van der Waals surface area contributed by atoms with E-state index in [9.17, 15) is 4.79 Å². The highest BCUT2D eigenvalue weighted by atomic mass is 28.4. The molecule has 3 rings (SSSR count). The predicted octanol–water partition coefficient (Wildman–Crippen LogP) is 7.08. The second kappa shape index (κ2) is 8.35. The fraction of sp³-hybridized carbons (Fsp3) is 0.480. The number of hydrogen-bond donors (Lipinski definition) is 1. The van der Waals surface area contributed by atoms with Crippen LogP contribution in [-0.4, -0.2) is 14.1 Å². The van der Waals surface area contributed by atoms with Crippen molar-refractivity contribution in [1.82, 2.24) is 0 Å². The number of carbonyl (C=O) groups is 1. The Labute approximate surface area is 176 Å². The molecule has 0 bridgehead atoms. The van der Waals surface area contributed by atoms with Crippen LogP contribution in [0.15, 0.2) is 42.5 Å². The lowest BCUT2D eigenvalue weighted by molar-refractivity contribution is 0.0890. The number of ketones is 1. The molecule has 156 valence electrons. The van der Waals surface area contributed by atoms with Crippen LogP contribution in [-0.2, 0) is 0 Å². The van der Waals surface area contributed by atoms with E-state index in [1.807, 2.05) is 42.5 Å². The van der Waals surface area contributed by atoms with Crippen LogP contribution >= 0.6 is 0 Å². The van der Waals surface area contributed by atoms with E-state index >= 15 is 0 Å². The monoisotopic (exact) mass is 409 g/mol. The van der Waals surface area contributed by atoms with E-state index in [2.05, 4.69) is 33.9 Å². The van der Waals surface area contributed by atoms with Crippen molar-refractivity contribution in [3.63, 3.8) is 0 Å². The molecule has 0 saturated heterocycles. The lowest BCUT2D eigenvalue weighted by atomic mass is 9.81. The van der Waals surface area contributed by atoms with E-state index in [1.54, 1.807) is 0 Å². The van der Waals surface area contributed by atoms with Gasteiger partial charge in [-0.3, -0.25) is 4.79 Å². The standard InChI is InChI=1S/C25H35NO2Si/c1-25(2,3)29(4,5)28-21-17-16-20(24(27)19-14-10-7-11-15-19)22(23(21)26)18-12-8-6-9-13-18/h6,8-9,12-13,16-17,19H,7,10-11,14-15,26H2,1-5H3. The van der Waals surface area contributed by atoms with Crippen molar-refractivity contribution in [3.05, 3.63) is 48.0 Å². The summed E-state index contributed by atoms with van der Waals surface area (Å²) in [5.74, 6) is 1.04. The highest BCUT2D eigenvalue weighted by molar-refractivity contribution is 6.74. The smallest absolute Gasteiger partial charge is 0.250 e. The van der Waals surface area contributed by atoms with Crippen LogP contribution in [0.25, 0.3) is 11.1 Å². The van der Waals surface area contributed by atoms with E-state index in [-0.39, 0.29) is 16.7 Å². The Bertz CT molecular complexity index is 862. The van der Waals surface area contributed by atoms with E-state index < -0.39 is 8.32 Å². The molecule has 0 radical (unpaired) electrons. The lowest BCUT2D eigenvalue weighted by Gasteiger charge is -2.37. The molecule has 29 heavy (non-hydrogen) atoms. The van der Waals surface area contributed by atoms with E-state index in [0.717, 1.165) is 42.4 Å². The fourth-order valence-electron chi connectivity index (χ4n) is 3.82. The summed E-state index contributed by atoms with van der Waals surface area (Å²) in [4.78, 5) is 13.4. The molecular formula is C25H35NO2Si. The first-order chi connectivity index (χ1) is 13.6. The second-order valence-electron chi connectivity index (χ2n) is 9.83. The molecule has 2 aromatic rings. The van der Waals surface area contributed by atoms with Gasteiger partial charge in [-0.05, 0) is 48.7 Å². The Hall–Kier alpha value is -2.07. The van der Waals surface area contributed by atoms with Gasteiger partial charge in [-0.2, -0.15) is 0 Å². The third-order valence-corrected chi connectivity index (χ3v) is 11.0. The first-order valence-electron chi connectivity index (χ1n) is 10.8. The minimum Gasteiger partial charge on any atom is -0.542 e. The number of hydrogen-bond acceptors (Lipinski definition) is 3. The van der Waals surface area contributed by atoms with Gasteiger partial charge in [-0.25, -0.2) is 0 Å². The summed E-state index contributed by atoms with van der Waals surface area (Å²) in [6, 6.07) is 13.9. The predicted molar refractivity (Wildman–Crippen MR) is 125 cm³/mol. The zero-order valence-corrected chi connectivity index (χ0v) is 19.5. The largest absolute Gasteiger partial charge is 0.542 e. The van der Waals surface area contributed by atoms with E-state index in [0.29, 0.717) is 11.4 Å². The van der Waals surface area contributed by atoms with Crippen molar-refractivity contribution in [1.29, 1.82) is 0 Å². The summed E-state index contributed by atoms with van der Waals surface area (Å²) >= 11 is 0. The number of Topliss-reactive ketones (excluding diaryl/α,β-unsaturated/α-hetero) is 1. The van der Waals surface area contributed by atoms with Crippen molar-refractivity contribution < 1.29 is 9.22 Å². The molecule has 1 aliphatic rings. The molecule has 0 atom stereocenters. The summed E-state index contributed by atoms with van der Waals surface area (Å²) < 4.78 is 6.54. The van der Waals surface area contributed by atoms with E-state index in [1.165, 1.54) is 6.42 Å². The molecule has 2 N–H and O–H groups in total. The van der Waals surface area contributed by atoms with Crippen LogP contribution in [0.1, 0.15) is 63.2 Å². The fourth-order valence-corrected chi connectivity index (χ4v) is 4.86. The van der Waals surface area contributed by atoms with Crippen LogP contribution in [0.5, 0.6) is 5.75 Å². The summed E-state index contributed by atoms with van der Waals surface area (Å²) in [5, 5.41) is 0.0724. The van der Waals surface area contributed by atoms with Gasteiger partial charge in [0.1, 0.15) is 5.75 Å². The second-order valence-corrected chi connectivity index (χ2v) is 14.6. The third-order valence-electron chi connectivity index (χ3n) is 6.68. The molecular weight excluding hydrogens is 374 g/mol. The zero-order valence-electron chi connectivity index (χ0n) is 18.5. The summed E-state index contributed by atoms with van der Waals surface area (Å²) in [7, 11) is -2.04. The Balaban J connectivity index is 2.08. The quantitative estimate of drug-likeness (QED) is 0.326. The van der Waals surface area contributed by atoms with Crippen LogP contribution in [0.4, 0.5) is 5.69 Å². The summed E-state index contributed by atoms with van der Waals surface area (Å²) in [5.41, 5.74) is 9.81. The SMILES string of the molecule is CC(C)(C)[Si](C)(C)Oc1ccc(C(=O)C2CCCCC2)c(-c2ccccc2)c1N. The van der Waals surface area contributed by atoms with Gasteiger partial charge in [0.05, 0.1) is 5.69 Å². The molecule has 0 spiro atoms. The molecule has 1 fully saturated rings. The molecule has 4 heteroatoms. The number of anilines is 1. The van der Waals surface area contributed by atoms with Crippen LogP contribution in [0, 0.1) is 5.92 Å². The highest BCUT2D eigenvalue weighted by Crippen LogP contribution is 2.43. The maximum absolute atomic E-state index is 13.4. The van der Waals surface area contributed by atoms with Gasteiger partial charge in [0.25, 0.3) is 8.32 Å². The zero-order chi connectivity index (χ0) is 21.2. The van der Waals surface area contributed by atoms with Gasteiger partial charge in [-0.15, -0.1) is 0 Å². The van der Waals surface area contributed by atoms with Crippen molar-refractivity contribution in [3.8, 4) is 16.9 Å². The average Bonchev–Trinajstić information content (AvgIpc) is 2.69. The molecule has 1 saturated carbocycles. The molecule has 1 aliphatic carbocycles. The Morgan fingerprint density at radius 3 is 2.21 bits per heavy atom. The molecule has 0 aliphatic heterocycles. The van der Waals surface area contributed by atoms with Crippen molar-refractivity contribution in [2.24, 2.45) is 5.92 Å². The van der Waals surface area contributed by atoms with Crippen molar-refractivity contribution in [2.75, 3.05) is 5.73 Å². The Kier molecular flexibility index (Phi) is 6.23. The minimum absolute atomic E-state index is 0.0724. The number of benzene rings is 2. The first kappa shape index (κ1) is 21.6. The lowest BCUT2D eigenvalue weighted by Crippen LogP contribution is -2.44. The molecule has 3 nitrogen and oxygen atoms in total. The highest BCUT2D eigenvalue weighted by Gasteiger charge is 2.39. The van der Waals surface area contributed by atoms with E-state index in [4.69, 9.17) is 10.2 Å².